The van der Waals surface area contributed by atoms with Gasteiger partial charge < -0.3 is 14.6 Å². The van der Waals surface area contributed by atoms with Crippen molar-refractivity contribution in [3.8, 4) is 0 Å². The molecule has 0 spiro atoms. The Balaban J connectivity index is 1.36. The minimum atomic E-state index is -0.296. The van der Waals surface area contributed by atoms with Gasteiger partial charge in [0.05, 0.1) is 13.2 Å². The van der Waals surface area contributed by atoms with Crippen LogP contribution >= 0.6 is 0 Å². The fourth-order valence-corrected chi connectivity index (χ4v) is 3.39. The lowest BCUT2D eigenvalue weighted by Crippen LogP contribution is -2.35. The van der Waals surface area contributed by atoms with Crippen LogP contribution < -0.4 is 5.48 Å². The molecule has 0 fully saturated rings. The number of unbranched alkanes of at least 4 members (excludes halogenated alkanes) is 1. The van der Waals surface area contributed by atoms with Crippen LogP contribution in [0.15, 0.2) is 24.3 Å². The first kappa shape index (κ1) is 19.4. The van der Waals surface area contributed by atoms with E-state index in [0.717, 1.165) is 37.0 Å². The van der Waals surface area contributed by atoms with Crippen LogP contribution in [0.1, 0.15) is 37.4 Å². The number of hydroxylamine groups is 1. The van der Waals surface area contributed by atoms with Gasteiger partial charge in [-0.2, -0.15) is 0 Å². The Labute approximate surface area is 159 Å². The predicted molar refractivity (Wildman–Crippen MR) is 102 cm³/mol. The van der Waals surface area contributed by atoms with Crippen LogP contribution in [0.4, 0.5) is 0 Å². The van der Waals surface area contributed by atoms with Gasteiger partial charge in [0.1, 0.15) is 6.61 Å². The summed E-state index contributed by atoms with van der Waals surface area (Å²) in [6.45, 7) is 4.06. The molecule has 0 saturated carbocycles. The molecule has 3 rings (SSSR count). The van der Waals surface area contributed by atoms with Crippen molar-refractivity contribution in [1.29, 1.82) is 0 Å². The molecule has 2 N–H and O–H groups in total. The Kier molecular flexibility index (Phi) is 6.84. The van der Waals surface area contributed by atoms with E-state index in [1.54, 1.807) is 6.92 Å². The maximum atomic E-state index is 12.5. The summed E-state index contributed by atoms with van der Waals surface area (Å²) >= 11 is 0. The van der Waals surface area contributed by atoms with Crippen molar-refractivity contribution in [3.05, 3.63) is 35.5 Å². The number of para-hydroxylation sites is 1. The van der Waals surface area contributed by atoms with Crippen LogP contribution in [0.5, 0.6) is 0 Å². The van der Waals surface area contributed by atoms with Crippen molar-refractivity contribution in [2.24, 2.45) is 0 Å². The Morgan fingerprint density at radius 2 is 2.11 bits per heavy atom. The highest BCUT2D eigenvalue weighted by Crippen LogP contribution is 2.27. The number of carbonyl (C=O) groups is 2. The highest BCUT2D eigenvalue weighted by atomic mass is 16.7. The molecule has 1 aliphatic rings. The topological polar surface area (TPSA) is 83.7 Å². The second-order valence-corrected chi connectivity index (χ2v) is 6.66. The number of rotatable bonds is 9. The highest BCUT2D eigenvalue weighted by Gasteiger charge is 2.23. The second kappa shape index (κ2) is 9.53. The van der Waals surface area contributed by atoms with E-state index >= 15 is 0 Å². The molecule has 2 aromatic rings. The number of ether oxygens (including phenoxy) is 1. The smallest absolute Gasteiger partial charge is 0.269 e. The van der Waals surface area contributed by atoms with Gasteiger partial charge in [0.15, 0.2) is 0 Å². The summed E-state index contributed by atoms with van der Waals surface area (Å²) in [7, 11) is 0. The third-order valence-electron chi connectivity index (χ3n) is 4.73. The third-order valence-corrected chi connectivity index (χ3v) is 4.73. The molecule has 2 amide bonds. The summed E-state index contributed by atoms with van der Waals surface area (Å²) in [6, 6.07) is 8.29. The van der Waals surface area contributed by atoms with Gasteiger partial charge in [-0.05, 0) is 37.8 Å². The van der Waals surface area contributed by atoms with Gasteiger partial charge >= 0.3 is 0 Å². The molecule has 1 aliphatic heterocycles. The molecule has 0 atom stereocenters. The Bertz CT molecular complexity index is 787. The van der Waals surface area contributed by atoms with Gasteiger partial charge in [-0.1, -0.05) is 18.2 Å². The maximum absolute atomic E-state index is 12.5. The minimum absolute atomic E-state index is 0.0246. The van der Waals surface area contributed by atoms with E-state index in [0.29, 0.717) is 26.2 Å². The number of nitrogens with zero attached hydrogens (tertiary/aromatic N) is 1. The fraction of sp³-hybridized carbons (Fsp3) is 0.500. The molecular formula is C20H27N3O4. The van der Waals surface area contributed by atoms with E-state index in [1.165, 1.54) is 10.9 Å². The number of hydrogen-bond donors (Lipinski definition) is 2. The van der Waals surface area contributed by atoms with Crippen molar-refractivity contribution in [2.75, 3.05) is 26.4 Å². The fourth-order valence-electron chi connectivity index (χ4n) is 3.39. The number of nitrogens with one attached hydrogen (secondary N) is 2. The molecule has 2 heterocycles. The van der Waals surface area contributed by atoms with Crippen LogP contribution in [-0.2, 0) is 32.1 Å². The third kappa shape index (κ3) is 5.08. The first-order valence-corrected chi connectivity index (χ1v) is 9.53. The minimum Gasteiger partial charge on any atom is -0.372 e. The van der Waals surface area contributed by atoms with Crippen LogP contribution in [-0.4, -0.2) is 48.1 Å². The van der Waals surface area contributed by atoms with Crippen LogP contribution in [0.3, 0.4) is 0 Å². The average Bonchev–Trinajstić information content (AvgIpc) is 3.06. The van der Waals surface area contributed by atoms with Crippen molar-refractivity contribution in [2.45, 2.75) is 39.2 Å². The van der Waals surface area contributed by atoms with E-state index in [2.05, 4.69) is 28.7 Å². The van der Waals surface area contributed by atoms with Crippen molar-refractivity contribution in [1.82, 2.24) is 15.4 Å². The highest BCUT2D eigenvalue weighted by molar-refractivity contribution is 5.85. The van der Waals surface area contributed by atoms with Crippen molar-refractivity contribution < 1.29 is 19.2 Å². The number of benzene rings is 1. The first-order chi connectivity index (χ1) is 13.2. The maximum Gasteiger partial charge on any atom is 0.269 e. The molecule has 1 aromatic carbocycles. The van der Waals surface area contributed by atoms with E-state index in [4.69, 9.17) is 9.57 Å². The molecule has 1 aromatic heterocycles. The molecule has 0 bridgehead atoms. The van der Waals surface area contributed by atoms with Crippen molar-refractivity contribution >= 4 is 22.7 Å². The lowest BCUT2D eigenvalue weighted by Gasteiger charge is -2.27. The first-order valence-electron chi connectivity index (χ1n) is 9.53. The van der Waals surface area contributed by atoms with E-state index in [-0.39, 0.29) is 18.4 Å². The molecular weight excluding hydrogens is 346 g/mol. The monoisotopic (exact) mass is 373 g/mol. The summed E-state index contributed by atoms with van der Waals surface area (Å²) in [5.41, 5.74) is 5.91. The summed E-state index contributed by atoms with van der Waals surface area (Å²) in [6.07, 6.45) is 2.90. The summed E-state index contributed by atoms with van der Waals surface area (Å²) in [5, 5.41) is 1.27. The molecule has 0 saturated heterocycles. The number of aromatic nitrogens is 1. The molecule has 7 nitrogen and oxygen atoms in total. The number of carbonyl (C=O) groups excluding carboxylic acids is 2. The second-order valence-electron chi connectivity index (χ2n) is 6.66. The molecule has 0 unspecified atom stereocenters. The van der Waals surface area contributed by atoms with Crippen LogP contribution in [0.25, 0.3) is 10.9 Å². The summed E-state index contributed by atoms with van der Waals surface area (Å²) in [5.74, 6) is -0.122. The number of amides is 2. The van der Waals surface area contributed by atoms with Gasteiger partial charge in [0, 0.05) is 36.2 Å². The quantitative estimate of drug-likeness (QED) is 0.522. The molecule has 0 aliphatic carbocycles. The number of fused-ring (bicyclic) bond motifs is 3. The van der Waals surface area contributed by atoms with Crippen molar-refractivity contribution in [3.63, 3.8) is 0 Å². The Morgan fingerprint density at radius 3 is 2.96 bits per heavy atom. The van der Waals surface area contributed by atoms with Crippen LogP contribution in [0, 0.1) is 0 Å². The molecule has 0 radical (unpaired) electrons. The lowest BCUT2D eigenvalue weighted by molar-refractivity contribution is -0.138. The van der Waals surface area contributed by atoms with Gasteiger partial charge in [-0.15, -0.1) is 0 Å². The molecule has 7 heteroatoms. The Hall–Kier alpha value is -2.38. The standard InChI is InChI=1S/C20H27N3O4/c1-2-27-22-19(24)14-26-12-6-5-9-20(25)23-11-10-16-15-7-3-4-8-17(15)21-18(16)13-23/h3-4,7-8,21H,2,5-6,9-14H2,1H3,(H,22,24). The largest absolute Gasteiger partial charge is 0.372 e. The van der Waals surface area contributed by atoms with E-state index in [9.17, 15) is 9.59 Å². The van der Waals surface area contributed by atoms with Gasteiger partial charge in [-0.25, -0.2) is 5.48 Å². The molecule has 27 heavy (non-hydrogen) atoms. The van der Waals surface area contributed by atoms with Gasteiger partial charge in [0.2, 0.25) is 5.91 Å². The predicted octanol–water partition coefficient (Wildman–Crippen LogP) is 2.31. The average molecular weight is 373 g/mol. The zero-order valence-corrected chi connectivity index (χ0v) is 15.8. The lowest BCUT2D eigenvalue weighted by atomic mass is 10.0. The molecule has 146 valence electrons. The SMILES string of the molecule is CCONC(=O)COCCCCC(=O)N1CCc2c([nH]c3ccccc23)C1. The van der Waals surface area contributed by atoms with E-state index < -0.39 is 0 Å². The summed E-state index contributed by atoms with van der Waals surface area (Å²) in [4.78, 5) is 33.9. The van der Waals surface area contributed by atoms with Gasteiger partial charge in [0.25, 0.3) is 5.91 Å². The van der Waals surface area contributed by atoms with Crippen LogP contribution in [0.2, 0.25) is 0 Å². The zero-order valence-electron chi connectivity index (χ0n) is 15.8. The normalized spacial score (nSPS) is 13.6. The number of hydrogen-bond acceptors (Lipinski definition) is 4. The Morgan fingerprint density at radius 1 is 1.26 bits per heavy atom. The number of aromatic amines is 1. The zero-order chi connectivity index (χ0) is 19.1. The van der Waals surface area contributed by atoms with Gasteiger partial charge in [-0.3, -0.25) is 14.4 Å². The summed E-state index contributed by atoms with van der Waals surface area (Å²) < 4.78 is 5.28. The number of H-pyrrole nitrogens is 1. The van der Waals surface area contributed by atoms with E-state index in [1.807, 2.05) is 11.0 Å².